The van der Waals surface area contributed by atoms with E-state index in [1.807, 2.05) is 53.1 Å². The maximum Gasteiger partial charge on any atom is 0.117 e. The Morgan fingerprint density at radius 3 is 2.53 bits per heavy atom. The highest BCUT2D eigenvalue weighted by atomic mass is 79.9. The van der Waals surface area contributed by atoms with Crippen molar-refractivity contribution in [1.29, 1.82) is 5.26 Å². The minimum Gasteiger partial charge on any atom is -0.384 e. The number of anilines is 1. The topological polar surface area (TPSA) is 54.2 Å². The summed E-state index contributed by atoms with van der Waals surface area (Å²) in [5, 5.41) is 9.42. The molecule has 2 heterocycles. The van der Waals surface area contributed by atoms with Crippen molar-refractivity contribution in [2.75, 3.05) is 5.73 Å². The second-order valence-corrected chi connectivity index (χ2v) is 5.13. The van der Waals surface area contributed by atoms with Crippen LogP contribution < -0.4 is 5.73 Å². The predicted molar refractivity (Wildman–Crippen MR) is 79.7 cm³/mol. The summed E-state index contributed by atoms with van der Waals surface area (Å²) in [6, 6.07) is 15.8. The van der Waals surface area contributed by atoms with Gasteiger partial charge in [0.05, 0.1) is 11.1 Å². The average molecular weight is 312 g/mol. The van der Waals surface area contributed by atoms with Crippen molar-refractivity contribution in [3.05, 3.63) is 58.7 Å². The molecule has 0 unspecified atom stereocenters. The van der Waals surface area contributed by atoms with E-state index in [1.54, 1.807) is 0 Å². The molecule has 0 saturated carbocycles. The van der Waals surface area contributed by atoms with Crippen molar-refractivity contribution < 1.29 is 0 Å². The molecule has 3 aromatic rings. The van der Waals surface area contributed by atoms with Gasteiger partial charge in [-0.25, -0.2) is 0 Å². The van der Waals surface area contributed by atoms with Gasteiger partial charge in [-0.1, -0.05) is 34.1 Å². The van der Waals surface area contributed by atoms with Gasteiger partial charge in [0.2, 0.25) is 0 Å². The van der Waals surface area contributed by atoms with Crippen LogP contribution >= 0.6 is 15.9 Å². The first kappa shape index (κ1) is 11.8. The van der Waals surface area contributed by atoms with Gasteiger partial charge in [0.1, 0.15) is 11.9 Å². The van der Waals surface area contributed by atoms with Gasteiger partial charge in [-0.15, -0.1) is 0 Å². The van der Waals surface area contributed by atoms with E-state index in [4.69, 9.17) is 5.73 Å². The molecule has 3 rings (SSSR count). The molecule has 0 aliphatic rings. The molecule has 0 spiro atoms. The highest BCUT2D eigenvalue weighted by Gasteiger charge is 2.16. The quantitative estimate of drug-likeness (QED) is 0.742. The second-order valence-electron chi connectivity index (χ2n) is 4.21. The zero-order valence-electron chi connectivity index (χ0n) is 9.97. The Kier molecular flexibility index (Phi) is 2.77. The summed E-state index contributed by atoms with van der Waals surface area (Å²) in [5.74, 6) is 0.592. The minimum atomic E-state index is 0.592. The van der Waals surface area contributed by atoms with Crippen LogP contribution in [0.1, 0.15) is 5.56 Å². The van der Waals surface area contributed by atoms with Gasteiger partial charge < -0.3 is 10.1 Å². The summed E-state index contributed by atoms with van der Waals surface area (Å²) in [7, 11) is 0. The molecule has 0 aliphatic heterocycles. The molecule has 0 atom stereocenters. The van der Waals surface area contributed by atoms with Crippen molar-refractivity contribution in [3.63, 3.8) is 0 Å². The summed E-state index contributed by atoms with van der Waals surface area (Å²) in [6.45, 7) is 0. The molecule has 92 valence electrons. The Bertz CT molecular complexity index is 795. The molecule has 4 heteroatoms. The first-order valence-electron chi connectivity index (χ1n) is 5.77. The smallest absolute Gasteiger partial charge is 0.117 e. The lowest BCUT2D eigenvalue weighted by Gasteiger charge is -2.02. The normalized spacial score (nSPS) is 10.5. The summed E-state index contributed by atoms with van der Waals surface area (Å²) in [6.07, 6.45) is 1.87. The molecule has 19 heavy (non-hydrogen) atoms. The maximum atomic E-state index is 9.42. The lowest BCUT2D eigenvalue weighted by atomic mass is 10.0. The van der Waals surface area contributed by atoms with Crippen LogP contribution in [-0.4, -0.2) is 4.40 Å². The number of hydrogen-bond acceptors (Lipinski definition) is 2. The number of pyridine rings is 1. The number of rotatable bonds is 1. The second kappa shape index (κ2) is 4.45. The molecule has 3 nitrogen and oxygen atoms in total. The fourth-order valence-corrected chi connectivity index (χ4v) is 2.52. The van der Waals surface area contributed by atoms with Crippen LogP contribution in [0.2, 0.25) is 0 Å². The fraction of sp³-hybridized carbons (Fsp3) is 0. The average Bonchev–Trinajstić information content (AvgIpc) is 2.73. The molecule has 0 radical (unpaired) electrons. The van der Waals surface area contributed by atoms with E-state index in [9.17, 15) is 5.26 Å². The van der Waals surface area contributed by atoms with Crippen LogP contribution in [0.15, 0.2) is 53.1 Å². The van der Waals surface area contributed by atoms with Gasteiger partial charge in [-0.2, -0.15) is 5.26 Å². The zero-order chi connectivity index (χ0) is 13.4. The maximum absolute atomic E-state index is 9.42. The first-order chi connectivity index (χ1) is 9.22. The van der Waals surface area contributed by atoms with Crippen molar-refractivity contribution in [3.8, 4) is 17.2 Å². The molecular formula is C15H10BrN3. The van der Waals surface area contributed by atoms with E-state index in [2.05, 4.69) is 22.0 Å². The molecule has 2 N–H and O–H groups in total. The van der Waals surface area contributed by atoms with Crippen LogP contribution in [0.5, 0.6) is 0 Å². The number of hydrogen-bond donors (Lipinski definition) is 1. The molecule has 0 bridgehead atoms. The Balaban J connectivity index is 2.38. The van der Waals surface area contributed by atoms with Gasteiger partial charge in [0, 0.05) is 16.2 Å². The standard InChI is InChI=1S/C15H10BrN3/c16-11-6-4-10(5-7-11)14-12(9-17)13-3-1-2-8-19(13)15(14)18/h1-8H,18H2. The molecular weight excluding hydrogens is 302 g/mol. The third-order valence-electron chi connectivity index (χ3n) is 3.13. The number of nitrogens with two attached hydrogens (primary N) is 1. The molecule has 0 amide bonds. The number of halogens is 1. The number of nitrogens with zero attached hydrogens (tertiary/aromatic N) is 2. The van der Waals surface area contributed by atoms with Crippen LogP contribution in [-0.2, 0) is 0 Å². The largest absolute Gasteiger partial charge is 0.384 e. The van der Waals surface area contributed by atoms with Gasteiger partial charge >= 0.3 is 0 Å². The van der Waals surface area contributed by atoms with E-state index in [-0.39, 0.29) is 0 Å². The number of benzene rings is 1. The lowest BCUT2D eigenvalue weighted by molar-refractivity contribution is 1.21. The van der Waals surface area contributed by atoms with Gasteiger partial charge in [0.25, 0.3) is 0 Å². The third-order valence-corrected chi connectivity index (χ3v) is 3.66. The van der Waals surface area contributed by atoms with E-state index in [0.29, 0.717) is 11.4 Å². The Labute approximate surface area is 119 Å². The predicted octanol–water partition coefficient (Wildman–Crippen LogP) is 3.82. The number of aromatic nitrogens is 1. The van der Waals surface area contributed by atoms with Crippen molar-refractivity contribution >= 4 is 27.3 Å². The highest BCUT2D eigenvalue weighted by molar-refractivity contribution is 9.10. The van der Waals surface area contributed by atoms with Gasteiger partial charge in [0.15, 0.2) is 0 Å². The van der Waals surface area contributed by atoms with E-state index in [0.717, 1.165) is 21.1 Å². The Hall–Kier alpha value is -2.25. The first-order valence-corrected chi connectivity index (χ1v) is 6.56. The van der Waals surface area contributed by atoms with Crippen LogP contribution in [0.25, 0.3) is 16.6 Å². The van der Waals surface area contributed by atoms with E-state index in [1.165, 1.54) is 0 Å². The zero-order valence-corrected chi connectivity index (χ0v) is 11.6. The fourth-order valence-electron chi connectivity index (χ4n) is 2.26. The Morgan fingerprint density at radius 1 is 1.11 bits per heavy atom. The number of nitriles is 1. The van der Waals surface area contributed by atoms with Crippen molar-refractivity contribution in [1.82, 2.24) is 4.40 Å². The van der Waals surface area contributed by atoms with Crippen molar-refractivity contribution in [2.45, 2.75) is 0 Å². The molecule has 0 saturated heterocycles. The van der Waals surface area contributed by atoms with Crippen LogP contribution in [0, 0.1) is 11.3 Å². The van der Waals surface area contributed by atoms with Gasteiger partial charge in [-0.05, 0) is 29.8 Å². The third kappa shape index (κ3) is 1.79. The molecule has 0 aliphatic carbocycles. The van der Waals surface area contributed by atoms with E-state index < -0.39 is 0 Å². The molecule has 2 aromatic heterocycles. The summed E-state index contributed by atoms with van der Waals surface area (Å²) < 4.78 is 2.84. The Morgan fingerprint density at radius 2 is 1.84 bits per heavy atom. The van der Waals surface area contributed by atoms with Crippen LogP contribution in [0.3, 0.4) is 0 Å². The highest BCUT2D eigenvalue weighted by Crippen LogP contribution is 2.34. The molecule has 0 fully saturated rings. The van der Waals surface area contributed by atoms with Crippen molar-refractivity contribution in [2.24, 2.45) is 0 Å². The number of fused-ring (bicyclic) bond motifs is 1. The lowest BCUT2D eigenvalue weighted by Crippen LogP contribution is -1.93. The number of nitrogen functional groups attached to an aromatic ring is 1. The summed E-state index contributed by atoms with van der Waals surface area (Å²) in [5.41, 5.74) is 9.37. The molecule has 1 aromatic carbocycles. The monoisotopic (exact) mass is 311 g/mol. The van der Waals surface area contributed by atoms with E-state index >= 15 is 0 Å². The SMILES string of the molecule is N#Cc1c(-c2ccc(Br)cc2)c(N)n2ccccc12. The van der Waals surface area contributed by atoms with Crippen LogP contribution in [0.4, 0.5) is 5.82 Å². The minimum absolute atomic E-state index is 0.592. The summed E-state index contributed by atoms with van der Waals surface area (Å²) in [4.78, 5) is 0. The van der Waals surface area contributed by atoms with Gasteiger partial charge in [-0.3, -0.25) is 0 Å². The summed E-state index contributed by atoms with van der Waals surface area (Å²) >= 11 is 3.41.